The molecule has 9 heteroatoms. The first-order chi connectivity index (χ1) is 20.4. The highest BCUT2D eigenvalue weighted by Crippen LogP contribution is 2.34. The molecule has 0 spiro atoms. The Bertz CT molecular complexity index is 1640. The topological polar surface area (TPSA) is 48.3 Å². The lowest BCUT2D eigenvalue weighted by atomic mass is 9.87. The Morgan fingerprint density at radius 1 is 0.833 bits per heavy atom. The van der Waals surface area contributed by atoms with E-state index in [1.165, 1.54) is 29.3 Å². The minimum absolute atomic E-state index is 0.0903. The Labute approximate surface area is 252 Å². The molecule has 42 heavy (non-hydrogen) atoms. The van der Waals surface area contributed by atoms with Crippen LogP contribution in [0.15, 0.2) is 101 Å². The first kappa shape index (κ1) is 28.1. The highest BCUT2D eigenvalue weighted by molar-refractivity contribution is 6.37. The Morgan fingerprint density at radius 3 is 2.17 bits per heavy atom. The number of hydrazone groups is 1. The molecule has 2 aliphatic rings. The maximum absolute atomic E-state index is 13.6. The second kappa shape index (κ2) is 12.0. The van der Waals surface area contributed by atoms with Crippen LogP contribution < -0.4 is 4.90 Å². The summed E-state index contributed by atoms with van der Waals surface area (Å²) in [4.78, 5) is 20.1. The lowest BCUT2D eigenvalue weighted by molar-refractivity contribution is -0.130. The van der Waals surface area contributed by atoms with Crippen LogP contribution in [-0.2, 0) is 4.79 Å². The zero-order chi connectivity index (χ0) is 29.2. The third kappa shape index (κ3) is 5.80. The molecular formula is C33H26Cl2F2N4O. The van der Waals surface area contributed by atoms with Crippen LogP contribution in [0, 0.1) is 11.6 Å². The van der Waals surface area contributed by atoms with Gasteiger partial charge in [0.2, 0.25) is 0 Å². The van der Waals surface area contributed by atoms with E-state index in [-0.39, 0.29) is 36.5 Å². The summed E-state index contributed by atoms with van der Waals surface area (Å²) in [6.45, 7) is 0.756. The molecule has 0 radical (unpaired) electrons. The maximum atomic E-state index is 13.6. The zero-order valence-electron chi connectivity index (χ0n) is 22.5. The summed E-state index contributed by atoms with van der Waals surface area (Å²) in [6.07, 6.45) is 1.29. The summed E-state index contributed by atoms with van der Waals surface area (Å²) < 4.78 is 27.3. The Kier molecular flexibility index (Phi) is 8.05. The van der Waals surface area contributed by atoms with Gasteiger partial charge in [-0.1, -0.05) is 65.7 Å². The molecule has 0 unspecified atom stereocenters. The number of fused-ring (bicyclic) bond motifs is 3. The maximum Gasteiger partial charge on any atom is 0.262 e. The third-order valence-electron chi connectivity index (χ3n) is 7.55. The fraction of sp³-hybridized carbons (Fsp3) is 0.182. The molecule has 1 amide bonds. The molecular weight excluding hydrogens is 577 g/mol. The van der Waals surface area contributed by atoms with Crippen LogP contribution in [0.3, 0.4) is 0 Å². The summed E-state index contributed by atoms with van der Waals surface area (Å²) in [5.41, 5.74) is 4.88. The van der Waals surface area contributed by atoms with Gasteiger partial charge in [-0.05, 0) is 72.5 Å². The fourth-order valence-corrected chi connectivity index (χ4v) is 5.88. The van der Waals surface area contributed by atoms with Crippen LogP contribution in [0.25, 0.3) is 0 Å². The van der Waals surface area contributed by atoms with Crippen molar-refractivity contribution in [2.24, 2.45) is 10.1 Å². The monoisotopic (exact) mass is 602 g/mol. The van der Waals surface area contributed by atoms with Gasteiger partial charge in [0.1, 0.15) is 18.2 Å². The number of aliphatic imine (C=N–C) groups is 1. The number of anilines is 1. The van der Waals surface area contributed by atoms with Gasteiger partial charge in [-0.25, -0.2) is 13.8 Å². The van der Waals surface area contributed by atoms with Crippen LogP contribution in [0.1, 0.15) is 41.0 Å². The fourth-order valence-electron chi connectivity index (χ4n) is 5.49. The van der Waals surface area contributed by atoms with E-state index in [0.29, 0.717) is 41.0 Å². The zero-order valence-corrected chi connectivity index (χ0v) is 24.0. The largest absolute Gasteiger partial charge is 0.317 e. The van der Waals surface area contributed by atoms with E-state index in [0.717, 1.165) is 27.9 Å². The van der Waals surface area contributed by atoms with Crippen molar-refractivity contribution in [3.63, 3.8) is 0 Å². The second-order valence-electron chi connectivity index (χ2n) is 10.2. The Morgan fingerprint density at radius 2 is 1.50 bits per heavy atom. The highest BCUT2D eigenvalue weighted by Gasteiger charge is 2.32. The van der Waals surface area contributed by atoms with Crippen molar-refractivity contribution in [2.75, 3.05) is 24.5 Å². The summed E-state index contributed by atoms with van der Waals surface area (Å²) >= 11 is 12.9. The quantitative estimate of drug-likeness (QED) is 0.218. The minimum atomic E-state index is -0.316. The number of carbonyl (C=O) groups is 1. The van der Waals surface area contributed by atoms with E-state index in [4.69, 9.17) is 33.3 Å². The van der Waals surface area contributed by atoms with Gasteiger partial charge in [0.05, 0.1) is 17.9 Å². The molecule has 212 valence electrons. The van der Waals surface area contributed by atoms with Gasteiger partial charge in [-0.15, -0.1) is 0 Å². The Hall–Kier alpha value is -4.07. The number of hydrogen-bond donors (Lipinski definition) is 0. The molecule has 0 atom stereocenters. The van der Waals surface area contributed by atoms with E-state index in [9.17, 15) is 13.6 Å². The number of hydrogen-bond acceptors (Lipinski definition) is 4. The normalized spacial score (nSPS) is 14.7. The van der Waals surface area contributed by atoms with Gasteiger partial charge in [0.15, 0.2) is 5.84 Å². The van der Waals surface area contributed by atoms with Crippen LogP contribution in [-0.4, -0.2) is 42.1 Å². The number of amidine groups is 1. The van der Waals surface area contributed by atoms with Crippen molar-refractivity contribution < 1.29 is 13.6 Å². The smallest absolute Gasteiger partial charge is 0.262 e. The van der Waals surface area contributed by atoms with E-state index < -0.39 is 0 Å². The van der Waals surface area contributed by atoms with Crippen molar-refractivity contribution in [1.29, 1.82) is 0 Å². The first-order valence-electron chi connectivity index (χ1n) is 13.6. The number of rotatable bonds is 7. The van der Waals surface area contributed by atoms with Crippen molar-refractivity contribution >= 4 is 46.3 Å². The molecule has 4 aromatic rings. The van der Waals surface area contributed by atoms with Crippen molar-refractivity contribution in [2.45, 2.75) is 18.8 Å². The molecule has 0 saturated heterocycles. The third-order valence-corrected chi connectivity index (χ3v) is 8.11. The molecule has 0 saturated carbocycles. The molecule has 0 N–H and O–H groups in total. The molecule has 6 rings (SSSR count). The van der Waals surface area contributed by atoms with Crippen LogP contribution in [0.4, 0.5) is 14.5 Å². The van der Waals surface area contributed by atoms with Crippen molar-refractivity contribution in [1.82, 2.24) is 5.01 Å². The van der Waals surface area contributed by atoms with Gasteiger partial charge in [-0.2, -0.15) is 5.10 Å². The molecule has 0 aromatic heterocycles. The van der Waals surface area contributed by atoms with E-state index >= 15 is 0 Å². The number of amides is 1. The molecule has 4 aromatic carbocycles. The van der Waals surface area contributed by atoms with Crippen LogP contribution in [0.5, 0.6) is 0 Å². The van der Waals surface area contributed by atoms with Gasteiger partial charge in [0, 0.05) is 33.6 Å². The molecule has 2 aliphatic heterocycles. The minimum Gasteiger partial charge on any atom is -0.317 e. The molecule has 2 heterocycles. The standard InChI is InChI=1S/C33H26Cl2F2N4O/c34-23-11-16-30-28(18-23)33(27-4-1-2-6-29(27)35)38-19-31-39-41(32(42)20-40(30)31)17-3-5-26(21-7-12-24(36)13-8-21)22-9-14-25(37)15-10-22/h1-2,4,6-16,18,26H,3,5,17,19-20H2. The van der Waals surface area contributed by atoms with Crippen molar-refractivity contribution in [3.05, 3.63) is 135 Å². The highest BCUT2D eigenvalue weighted by atomic mass is 35.5. The predicted octanol–water partition coefficient (Wildman–Crippen LogP) is 7.70. The lowest BCUT2D eigenvalue weighted by Crippen LogP contribution is -2.48. The summed E-state index contributed by atoms with van der Waals surface area (Å²) in [5.74, 6) is -0.214. The molecule has 0 bridgehead atoms. The van der Waals surface area contributed by atoms with Gasteiger partial charge in [0.25, 0.3) is 5.91 Å². The van der Waals surface area contributed by atoms with Crippen molar-refractivity contribution in [3.8, 4) is 0 Å². The Balaban J connectivity index is 1.26. The SMILES string of the molecule is O=C1CN2C(=NN1CCCC(c1ccc(F)cc1)c1ccc(F)cc1)CN=C(c1ccccc1Cl)c1cc(Cl)ccc12. The average molecular weight is 604 g/mol. The van der Waals surface area contributed by atoms with Crippen LogP contribution in [0.2, 0.25) is 10.0 Å². The second-order valence-corrected chi connectivity index (χ2v) is 11.1. The van der Waals surface area contributed by atoms with E-state index in [1.807, 2.05) is 41.3 Å². The number of benzene rings is 4. The number of nitrogens with zero attached hydrogens (tertiary/aromatic N) is 4. The number of carbonyl (C=O) groups excluding carboxylic acids is 1. The lowest BCUT2D eigenvalue weighted by Gasteiger charge is -2.33. The van der Waals surface area contributed by atoms with Crippen LogP contribution >= 0.6 is 23.2 Å². The van der Waals surface area contributed by atoms with Gasteiger partial charge in [-0.3, -0.25) is 9.79 Å². The summed E-state index contributed by atoms with van der Waals surface area (Å²) in [7, 11) is 0. The number of halogens is 4. The molecule has 5 nitrogen and oxygen atoms in total. The summed E-state index contributed by atoms with van der Waals surface area (Å²) in [6, 6.07) is 25.7. The van der Waals surface area contributed by atoms with Gasteiger partial charge < -0.3 is 4.90 Å². The van der Waals surface area contributed by atoms with E-state index in [1.54, 1.807) is 30.3 Å². The van der Waals surface area contributed by atoms with Gasteiger partial charge >= 0.3 is 0 Å². The molecule has 0 fully saturated rings. The molecule has 0 aliphatic carbocycles. The first-order valence-corrected chi connectivity index (χ1v) is 14.4. The van der Waals surface area contributed by atoms with E-state index in [2.05, 4.69) is 0 Å². The average Bonchev–Trinajstić information content (AvgIpc) is 3.13. The predicted molar refractivity (Wildman–Crippen MR) is 164 cm³/mol. The summed E-state index contributed by atoms with van der Waals surface area (Å²) in [5, 5.41) is 7.36.